The molecule has 3 unspecified atom stereocenters. The molecule has 1 saturated carbocycles. The van der Waals surface area contributed by atoms with Crippen molar-refractivity contribution in [3.05, 3.63) is 35.9 Å². The van der Waals surface area contributed by atoms with Crippen molar-refractivity contribution in [3.8, 4) is 0 Å². The summed E-state index contributed by atoms with van der Waals surface area (Å²) in [6.07, 6.45) is 3.99. The van der Waals surface area contributed by atoms with E-state index in [1.807, 2.05) is 30.3 Å². The van der Waals surface area contributed by atoms with Gasteiger partial charge in [0.1, 0.15) is 6.04 Å². The molecule has 3 atom stereocenters. The maximum atomic E-state index is 13.1. The van der Waals surface area contributed by atoms with E-state index in [1.165, 1.54) is 6.92 Å². The highest BCUT2D eigenvalue weighted by Crippen LogP contribution is 2.35. The van der Waals surface area contributed by atoms with E-state index in [-0.39, 0.29) is 30.2 Å². The second-order valence-electron chi connectivity index (χ2n) is 7.43. The van der Waals surface area contributed by atoms with Crippen molar-refractivity contribution in [2.45, 2.75) is 44.6 Å². The van der Waals surface area contributed by atoms with Gasteiger partial charge >= 0.3 is 5.97 Å². The zero-order valence-electron chi connectivity index (χ0n) is 15.1. The summed E-state index contributed by atoms with van der Waals surface area (Å²) >= 11 is 0. The van der Waals surface area contributed by atoms with Gasteiger partial charge in [0.15, 0.2) is 0 Å². The van der Waals surface area contributed by atoms with E-state index >= 15 is 0 Å². The monoisotopic (exact) mass is 358 g/mol. The number of carbonyl (C=O) groups is 3. The molecule has 0 bridgehead atoms. The third kappa shape index (κ3) is 3.89. The van der Waals surface area contributed by atoms with Gasteiger partial charge in [-0.05, 0) is 24.3 Å². The molecule has 2 N–H and O–H groups in total. The lowest BCUT2D eigenvalue weighted by atomic mass is 9.89. The minimum atomic E-state index is -0.883. The Balaban J connectivity index is 1.79. The summed E-state index contributed by atoms with van der Waals surface area (Å²) in [5.74, 6) is -1.95. The normalized spacial score (nSPS) is 24.4. The lowest BCUT2D eigenvalue weighted by Gasteiger charge is -2.28. The number of hydrogen-bond donors (Lipinski definition) is 2. The maximum Gasteiger partial charge on any atom is 0.308 e. The van der Waals surface area contributed by atoms with Gasteiger partial charge in [-0.3, -0.25) is 14.4 Å². The van der Waals surface area contributed by atoms with Gasteiger partial charge in [0.05, 0.1) is 5.92 Å². The Morgan fingerprint density at radius 2 is 1.77 bits per heavy atom. The van der Waals surface area contributed by atoms with Gasteiger partial charge in [0.2, 0.25) is 11.8 Å². The number of rotatable bonds is 5. The minimum Gasteiger partial charge on any atom is -0.481 e. The first-order valence-electron chi connectivity index (χ1n) is 9.31. The molecule has 6 heteroatoms. The summed E-state index contributed by atoms with van der Waals surface area (Å²) in [4.78, 5) is 38.1. The molecule has 0 aromatic heterocycles. The predicted molar refractivity (Wildman–Crippen MR) is 96.5 cm³/mol. The second kappa shape index (κ2) is 7.89. The second-order valence-corrected chi connectivity index (χ2v) is 7.43. The third-order valence-electron chi connectivity index (χ3n) is 5.67. The average molecular weight is 358 g/mol. The van der Waals surface area contributed by atoms with Crippen LogP contribution in [0.25, 0.3) is 0 Å². The van der Waals surface area contributed by atoms with Crippen LogP contribution in [0.1, 0.15) is 44.1 Å². The van der Waals surface area contributed by atoms with E-state index < -0.39 is 17.9 Å². The van der Waals surface area contributed by atoms with Crippen LogP contribution in [-0.2, 0) is 14.4 Å². The van der Waals surface area contributed by atoms with Crippen LogP contribution in [-0.4, -0.2) is 46.9 Å². The van der Waals surface area contributed by atoms with Crippen molar-refractivity contribution in [1.82, 2.24) is 10.2 Å². The number of benzene rings is 1. The number of amides is 2. The maximum absolute atomic E-state index is 13.1. The Morgan fingerprint density at radius 1 is 1.12 bits per heavy atom. The van der Waals surface area contributed by atoms with Gasteiger partial charge < -0.3 is 15.3 Å². The molecule has 6 nitrogen and oxygen atoms in total. The van der Waals surface area contributed by atoms with Crippen molar-refractivity contribution in [1.29, 1.82) is 0 Å². The molecule has 1 saturated heterocycles. The average Bonchev–Trinajstić information content (AvgIpc) is 3.29. The van der Waals surface area contributed by atoms with Crippen LogP contribution in [0.3, 0.4) is 0 Å². The fraction of sp³-hybridized carbons (Fsp3) is 0.550. The number of hydrogen-bond acceptors (Lipinski definition) is 3. The summed E-state index contributed by atoms with van der Waals surface area (Å²) in [6.45, 7) is 1.99. The molecule has 0 spiro atoms. The van der Waals surface area contributed by atoms with Crippen molar-refractivity contribution in [3.63, 3.8) is 0 Å². The van der Waals surface area contributed by atoms with Crippen LogP contribution >= 0.6 is 0 Å². The first-order valence-corrected chi connectivity index (χ1v) is 9.31. The molecular weight excluding hydrogens is 332 g/mol. The van der Waals surface area contributed by atoms with E-state index in [4.69, 9.17) is 0 Å². The third-order valence-corrected chi connectivity index (χ3v) is 5.67. The van der Waals surface area contributed by atoms with Crippen LogP contribution in [0.5, 0.6) is 0 Å². The number of nitrogens with zero attached hydrogens (tertiary/aromatic N) is 1. The van der Waals surface area contributed by atoms with Crippen molar-refractivity contribution >= 4 is 17.8 Å². The van der Waals surface area contributed by atoms with E-state index in [9.17, 15) is 19.5 Å². The van der Waals surface area contributed by atoms with Crippen LogP contribution in [0, 0.1) is 11.8 Å². The molecule has 2 amide bonds. The number of aliphatic carboxylic acids is 1. The molecule has 1 aromatic rings. The number of likely N-dealkylation sites (tertiary alicyclic amines) is 1. The largest absolute Gasteiger partial charge is 0.481 e. The molecule has 3 rings (SSSR count). The predicted octanol–water partition coefficient (Wildman–Crippen LogP) is 2.01. The summed E-state index contributed by atoms with van der Waals surface area (Å²) in [6, 6.07) is 8.95. The smallest absolute Gasteiger partial charge is 0.308 e. The fourth-order valence-corrected chi connectivity index (χ4v) is 4.36. The quantitative estimate of drug-likeness (QED) is 0.843. The molecule has 1 heterocycles. The van der Waals surface area contributed by atoms with E-state index in [0.29, 0.717) is 6.54 Å². The molecular formula is C20H26N2O4. The Labute approximate surface area is 153 Å². The first-order chi connectivity index (χ1) is 12.5. The molecule has 0 radical (unpaired) electrons. The zero-order chi connectivity index (χ0) is 18.7. The molecule has 2 aliphatic rings. The van der Waals surface area contributed by atoms with E-state index in [1.54, 1.807) is 4.90 Å². The molecule has 1 aliphatic carbocycles. The summed E-state index contributed by atoms with van der Waals surface area (Å²) in [7, 11) is 0. The fourth-order valence-electron chi connectivity index (χ4n) is 4.36. The zero-order valence-corrected chi connectivity index (χ0v) is 15.1. The van der Waals surface area contributed by atoms with Crippen molar-refractivity contribution in [2.24, 2.45) is 11.8 Å². The van der Waals surface area contributed by atoms with Crippen LogP contribution in [0.2, 0.25) is 0 Å². The topological polar surface area (TPSA) is 86.7 Å². The Bertz CT molecular complexity index is 670. The lowest BCUT2D eigenvalue weighted by molar-refractivity contribution is -0.142. The standard InChI is InChI=1S/C20H26N2O4/c1-13(23)21-18(15-9-5-6-10-15)19(24)22-11-16(17(12-22)20(25)26)14-7-3-2-4-8-14/h2-4,7-8,15-18H,5-6,9-12H2,1H3,(H,21,23)(H,25,26). The van der Waals surface area contributed by atoms with Crippen LogP contribution in [0.4, 0.5) is 0 Å². The highest BCUT2D eigenvalue weighted by Gasteiger charge is 2.43. The number of carboxylic acids is 1. The highest BCUT2D eigenvalue weighted by molar-refractivity contribution is 5.88. The Hall–Kier alpha value is -2.37. The molecule has 1 aromatic carbocycles. The highest BCUT2D eigenvalue weighted by atomic mass is 16.4. The van der Waals surface area contributed by atoms with E-state index in [0.717, 1.165) is 31.2 Å². The van der Waals surface area contributed by atoms with Crippen molar-refractivity contribution < 1.29 is 19.5 Å². The van der Waals surface area contributed by atoms with Gasteiger partial charge in [0.25, 0.3) is 0 Å². The van der Waals surface area contributed by atoms with E-state index in [2.05, 4.69) is 5.32 Å². The molecule has 2 fully saturated rings. The SMILES string of the molecule is CC(=O)NC(C(=O)N1CC(C(=O)O)C(c2ccccc2)C1)C1CCCC1. The Kier molecular flexibility index (Phi) is 5.59. The molecule has 26 heavy (non-hydrogen) atoms. The van der Waals surface area contributed by atoms with Crippen LogP contribution < -0.4 is 5.32 Å². The number of carboxylic acid groups (broad SMARTS) is 1. The molecule has 140 valence electrons. The Morgan fingerprint density at radius 3 is 2.35 bits per heavy atom. The number of carbonyl (C=O) groups excluding carboxylic acids is 2. The number of nitrogens with one attached hydrogen (secondary N) is 1. The lowest BCUT2D eigenvalue weighted by Crippen LogP contribution is -2.51. The van der Waals surface area contributed by atoms with Crippen LogP contribution in [0.15, 0.2) is 30.3 Å². The van der Waals surface area contributed by atoms with Gasteiger partial charge in [-0.15, -0.1) is 0 Å². The van der Waals surface area contributed by atoms with Crippen molar-refractivity contribution in [2.75, 3.05) is 13.1 Å². The van der Waals surface area contributed by atoms with Gasteiger partial charge in [-0.2, -0.15) is 0 Å². The molecule has 1 aliphatic heterocycles. The summed E-state index contributed by atoms with van der Waals surface area (Å²) in [5.41, 5.74) is 0.937. The first kappa shape index (κ1) is 18.4. The van der Waals surface area contributed by atoms with Gasteiger partial charge in [-0.25, -0.2) is 0 Å². The summed E-state index contributed by atoms with van der Waals surface area (Å²) < 4.78 is 0. The summed E-state index contributed by atoms with van der Waals surface area (Å²) in [5, 5.41) is 12.5. The van der Waals surface area contributed by atoms with Gasteiger partial charge in [-0.1, -0.05) is 43.2 Å². The van der Waals surface area contributed by atoms with Gasteiger partial charge in [0, 0.05) is 25.9 Å². The minimum absolute atomic E-state index is 0.142.